The molecule has 0 amide bonds. The number of methoxy groups -OCH3 is 1. The molecule has 3 aliphatic rings. The van der Waals surface area contributed by atoms with Crippen molar-refractivity contribution in [3.8, 4) is 5.75 Å². The third-order valence-electron chi connectivity index (χ3n) is 6.54. The monoisotopic (exact) mass is 286 g/mol. The standard InChI is InChI=1S/C19H26O2/c1-12-6-7-18(21-2)14(8-12)11-19(20)10-13-9-17(19)16-5-3-4-15(13)16/h6-8,13,15-17,20H,3-5,9-11H2,1-2H3. The number of aliphatic hydroxyl groups is 1. The summed E-state index contributed by atoms with van der Waals surface area (Å²) in [5, 5.41) is 11.3. The fraction of sp³-hybridized carbons (Fsp3) is 0.684. The Hall–Kier alpha value is -1.02. The summed E-state index contributed by atoms with van der Waals surface area (Å²) < 4.78 is 5.51. The highest BCUT2D eigenvalue weighted by Gasteiger charge is 2.60. The molecule has 3 aliphatic carbocycles. The Morgan fingerprint density at radius 1 is 1.29 bits per heavy atom. The third-order valence-corrected chi connectivity index (χ3v) is 6.54. The van der Waals surface area contributed by atoms with E-state index in [9.17, 15) is 5.11 Å². The van der Waals surface area contributed by atoms with Gasteiger partial charge in [-0.2, -0.15) is 0 Å². The number of ether oxygens (including phenoxy) is 1. The first-order chi connectivity index (χ1) is 10.1. The zero-order valence-corrected chi connectivity index (χ0v) is 13.1. The maximum absolute atomic E-state index is 11.3. The Morgan fingerprint density at radius 2 is 2.10 bits per heavy atom. The zero-order valence-electron chi connectivity index (χ0n) is 13.1. The van der Waals surface area contributed by atoms with Crippen LogP contribution < -0.4 is 4.74 Å². The molecular weight excluding hydrogens is 260 g/mol. The van der Waals surface area contributed by atoms with Crippen molar-refractivity contribution >= 4 is 0 Å². The van der Waals surface area contributed by atoms with Gasteiger partial charge in [-0.1, -0.05) is 24.1 Å². The Kier molecular flexibility index (Phi) is 3.08. The molecular formula is C19H26O2. The Morgan fingerprint density at radius 3 is 2.90 bits per heavy atom. The minimum absolute atomic E-state index is 0.489. The minimum Gasteiger partial charge on any atom is -0.496 e. The normalized spacial score (nSPS) is 40.5. The predicted molar refractivity (Wildman–Crippen MR) is 83.4 cm³/mol. The van der Waals surface area contributed by atoms with Crippen molar-refractivity contribution in [3.63, 3.8) is 0 Å². The molecule has 0 heterocycles. The van der Waals surface area contributed by atoms with Crippen molar-refractivity contribution < 1.29 is 9.84 Å². The number of fused-ring (bicyclic) bond motifs is 5. The van der Waals surface area contributed by atoms with Gasteiger partial charge in [-0.15, -0.1) is 0 Å². The molecule has 0 spiro atoms. The van der Waals surface area contributed by atoms with Crippen LogP contribution in [0, 0.1) is 30.6 Å². The Labute approximate surface area is 127 Å². The molecule has 114 valence electrons. The van der Waals surface area contributed by atoms with E-state index in [2.05, 4.69) is 19.1 Å². The van der Waals surface area contributed by atoms with Gasteiger partial charge in [-0.3, -0.25) is 0 Å². The molecule has 0 aromatic heterocycles. The Bertz CT molecular complexity index is 552. The quantitative estimate of drug-likeness (QED) is 0.917. The molecule has 1 aromatic carbocycles. The second kappa shape index (κ2) is 4.74. The van der Waals surface area contributed by atoms with Gasteiger partial charge in [0.25, 0.3) is 0 Å². The number of hydrogen-bond donors (Lipinski definition) is 1. The van der Waals surface area contributed by atoms with Gasteiger partial charge < -0.3 is 9.84 Å². The lowest BCUT2D eigenvalue weighted by Gasteiger charge is -2.39. The highest BCUT2D eigenvalue weighted by molar-refractivity contribution is 5.38. The van der Waals surface area contributed by atoms with Crippen molar-refractivity contribution in [1.82, 2.24) is 0 Å². The fourth-order valence-electron chi connectivity index (χ4n) is 5.81. The van der Waals surface area contributed by atoms with Gasteiger partial charge in [-0.05, 0) is 67.9 Å². The second-order valence-electron chi connectivity index (χ2n) is 7.66. The van der Waals surface area contributed by atoms with Crippen LogP contribution >= 0.6 is 0 Å². The molecule has 2 nitrogen and oxygen atoms in total. The van der Waals surface area contributed by atoms with E-state index in [0.717, 1.165) is 36.3 Å². The molecule has 5 unspecified atom stereocenters. The molecule has 4 rings (SSSR count). The predicted octanol–water partition coefficient (Wildman–Crippen LogP) is 3.73. The lowest BCUT2D eigenvalue weighted by molar-refractivity contribution is -0.0453. The minimum atomic E-state index is -0.489. The highest BCUT2D eigenvalue weighted by Crippen LogP contribution is 2.63. The smallest absolute Gasteiger partial charge is 0.122 e. The van der Waals surface area contributed by atoms with Crippen LogP contribution in [0.2, 0.25) is 0 Å². The average Bonchev–Trinajstić information content (AvgIpc) is 3.09. The topological polar surface area (TPSA) is 29.5 Å². The van der Waals surface area contributed by atoms with E-state index >= 15 is 0 Å². The molecule has 21 heavy (non-hydrogen) atoms. The summed E-state index contributed by atoms with van der Waals surface area (Å²) in [6.07, 6.45) is 7.18. The number of hydrogen-bond acceptors (Lipinski definition) is 2. The number of aryl methyl sites for hydroxylation is 1. The van der Waals surface area contributed by atoms with Crippen molar-refractivity contribution in [2.45, 2.75) is 51.0 Å². The Balaban J connectivity index is 1.61. The van der Waals surface area contributed by atoms with E-state index in [1.165, 1.54) is 36.8 Å². The van der Waals surface area contributed by atoms with Crippen molar-refractivity contribution in [2.75, 3.05) is 7.11 Å². The van der Waals surface area contributed by atoms with Gasteiger partial charge in [0, 0.05) is 6.42 Å². The van der Waals surface area contributed by atoms with E-state index in [4.69, 9.17) is 4.74 Å². The molecule has 5 atom stereocenters. The summed E-state index contributed by atoms with van der Waals surface area (Å²) in [5.41, 5.74) is 1.94. The van der Waals surface area contributed by atoms with Crippen molar-refractivity contribution in [2.24, 2.45) is 23.7 Å². The molecule has 0 saturated heterocycles. The lowest BCUT2D eigenvalue weighted by atomic mass is 9.70. The summed E-state index contributed by atoms with van der Waals surface area (Å²) in [6, 6.07) is 6.31. The highest BCUT2D eigenvalue weighted by atomic mass is 16.5. The SMILES string of the molecule is COc1ccc(C)cc1CC1(O)CC2CC1C1CCCC21. The molecule has 3 saturated carbocycles. The fourth-order valence-corrected chi connectivity index (χ4v) is 5.81. The van der Waals surface area contributed by atoms with E-state index in [1.54, 1.807) is 7.11 Å². The second-order valence-corrected chi connectivity index (χ2v) is 7.66. The molecule has 2 bridgehead atoms. The molecule has 1 N–H and O–H groups in total. The van der Waals surface area contributed by atoms with Crippen molar-refractivity contribution in [3.05, 3.63) is 29.3 Å². The van der Waals surface area contributed by atoms with Gasteiger partial charge in [0.15, 0.2) is 0 Å². The summed E-state index contributed by atoms with van der Waals surface area (Å²) in [6.45, 7) is 2.11. The maximum Gasteiger partial charge on any atom is 0.122 e. The van der Waals surface area contributed by atoms with Crippen LogP contribution in [-0.2, 0) is 6.42 Å². The van der Waals surface area contributed by atoms with Gasteiger partial charge in [0.2, 0.25) is 0 Å². The number of benzene rings is 1. The molecule has 0 radical (unpaired) electrons. The molecule has 0 aliphatic heterocycles. The molecule has 1 aromatic rings. The van der Waals surface area contributed by atoms with Crippen LogP contribution in [0.4, 0.5) is 0 Å². The van der Waals surface area contributed by atoms with Crippen LogP contribution in [0.1, 0.15) is 43.2 Å². The first-order valence-electron chi connectivity index (χ1n) is 8.46. The van der Waals surface area contributed by atoms with Gasteiger partial charge in [0.05, 0.1) is 12.7 Å². The van der Waals surface area contributed by atoms with Crippen LogP contribution in [0.25, 0.3) is 0 Å². The molecule has 2 heteroatoms. The van der Waals surface area contributed by atoms with E-state index in [-0.39, 0.29) is 0 Å². The first-order valence-corrected chi connectivity index (χ1v) is 8.46. The van der Waals surface area contributed by atoms with E-state index in [0.29, 0.717) is 5.92 Å². The molecule has 3 fully saturated rings. The third kappa shape index (κ3) is 2.03. The van der Waals surface area contributed by atoms with Crippen LogP contribution in [0.15, 0.2) is 18.2 Å². The van der Waals surface area contributed by atoms with E-state index in [1.807, 2.05) is 6.07 Å². The summed E-state index contributed by atoms with van der Waals surface area (Å²) in [5.74, 6) is 3.96. The van der Waals surface area contributed by atoms with Crippen molar-refractivity contribution in [1.29, 1.82) is 0 Å². The van der Waals surface area contributed by atoms with Gasteiger partial charge in [0.1, 0.15) is 5.75 Å². The summed E-state index contributed by atoms with van der Waals surface area (Å²) in [4.78, 5) is 0. The van der Waals surface area contributed by atoms with Crippen LogP contribution in [-0.4, -0.2) is 17.8 Å². The van der Waals surface area contributed by atoms with Gasteiger partial charge >= 0.3 is 0 Å². The zero-order chi connectivity index (χ0) is 14.6. The van der Waals surface area contributed by atoms with E-state index < -0.39 is 5.60 Å². The first kappa shape index (κ1) is 13.6. The summed E-state index contributed by atoms with van der Waals surface area (Å²) in [7, 11) is 1.73. The van der Waals surface area contributed by atoms with Crippen LogP contribution in [0.3, 0.4) is 0 Å². The maximum atomic E-state index is 11.3. The number of rotatable bonds is 3. The average molecular weight is 286 g/mol. The largest absolute Gasteiger partial charge is 0.496 e. The van der Waals surface area contributed by atoms with Gasteiger partial charge in [-0.25, -0.2) is 0 Å². The summed E-state index contributed by atoms with van der Waals surface area (Å²) >= 11 is 0. The van der Waals surface area contributed by atoms with Crippen LogP contribution in [0.5, 0.6) is 5.75 Å². The lowest BCUT2D eigenvalue weighted by Crippen LogP contribution is -2.43.